The van der Waals surface area contributed by atoms with Crippen LogP contribution in [0.3, 0.4) is 0 Å². The lowest BCUT2D eigenvalue weighted by Crippen LogP contribution is -2.43. The first-order valence-corrected chi connectivity index (χ1v) is 6.43. The molecule has 1 aromatic heterocycles. The Bertz CT molecular complexity index is 537. The number of nitrogens with one attached hydrogen (secondary N) is 1. The van der Waals surface area contributed by atoms with Gasteiger partial charge in [0, 0.05) is 13.1 Å². The molecule has 7 heteroatoms. The predicted molar refractivity (Wildman–Crippen MR) is 76.8 cm³/mol. The molecule has 1 unspecified atom stereocenters. The van der Waals surface area contributed by atoms with Gasteiger partial charge in [0.15, 0.2) is 0 Å². The van der Waals surface area contributed by atoms with Gasteiger partial charge in [0.05, 0.1) is 11.3 Å². The lowest BCUT2D eigenvalue weighted by molar-refractivity contribution is 0.0458. The monoisotopic (exact) mass is 276 g/mol. The van der Waals surface area contributed by atoms with E-state index in [4.69, 9.17) is 0 Å². The van der Waals surface area contributed by atoms with Crippen LogP contribution in [0.2, 0.25) is 0 Å². The highest BCUT2D eigenvalue weighted by atomic mass is 16.3. The Balaban J connectivity index is 2.07. The first kappa shape index (κ1) is 14.4. The van der Waals surface area contributed by atoms with Crippen LogP contribution in [0.5, 0.6) is 0 Å². The molecule has 1 atom stereocenters. The van der Waals surface area contributed by atoms with Crippen LogP contribution in [0.15, 0.2) is 30.3 Å². The van der Waals surface area contributed by atoms with Gasteiger partial charge in [-0.15, -0.1) is 0 Å². The zero-order valence-electron chi connectivity index (χ0n) is 12.0. The fourth-order valence-corrected chi connectivity index (χ4v) is 2.05. The second-order valence-corrected chi connectivity index (χ2v) is 5.34. The summed E-state index contributed by atoms with van der Waals surface area (Å²) < 4.78 is 1.60. The van der Waals surface area contributed by atoms with Crippen LogP contribution in [-0.4, -0.2) is 63.0 Å². The summed E-state index contributed by atoms with van der Waals surface area (Å²) in [5.74, 6) is 0.509. The molecule has 0 radical (unpaired) electrons. The van der Waals surface area contributed by atoms with Gasteiger partial charge < -0.3 is 15.3 Å². The van der Waals surface area contributed by atoms with Crippen molar-refractivity contribution in [3.05, 3.63) is 30.3 Å². The second kappa shape index (κ2) is 5.98. The van der Waals surface area contributed by atoms with E-state index < -0.39 is 5.60 Å². The maximum absolute atomic E-state index is 10.3. The van der Waals surface area contributed by atoms with Gasteiger partial charge in [0.25, 0.3) is 0 Å². The van der Waals surface area contributed by atoms with Crippen LogP contribution in [0.25, 0.3) is 5.69 Å². The zero-order valence-corrected chi connectivity index (χ0v) is 12.0. The standard InChI is InChI=1S/C13H20N6O/c1-13(20,10-18(2)3)9-14-12-15-16-17-19(12)11-7-5-4-6-8-11/h4-8,20H,9-10H2,1-3H3,(H,14,15,17). The molecule has 0 bridgehead atoms. The number of aliphatic hydroxyl groups is 1. The van der Waals surface area contributed by atoms with Gasteiger partial charge in [0.1, 0.15) is 0 Å². The molecule has 0 aliphatic rings. The number of rotatable bonds is 6. The van der Waals surface area contributed by atoms with Crippen molar-refractivity contribution >= 4 is 5.95 Å². The SMILES string of the molecule is CN(C)CC(C)(O)CNc1nnnn1-c1ccccc1. The van der Waals surface area contributed by atoms with Crippen molar-refractivity contribution in [2.45, 2.75) is 12.5 Å². The normalized spacial score (nSPS) is 14.2. The van der Waals surface area contributed by atoms with Gasteiger partial charge in [-0.25, -0.2) is 0 Å². The van der Waals surface area contributed by atoms with Gasteiger partial charge in [-0.1, -0.05) is 23.3 Å². The minimum absolute atomic E-state index is 0.360. The molecule has 2 aromatic rings. The fraction of sp³-hybridized carbons (Fsp3) is 0.462. The summed E-state index contributed by atoms with van der Waals surface area (Å²) in [5.41, 5.74) is 0.00371. The summed E-state index contributed by atoms with van der Waals surface area (Å²) in [6.07, 6.45) is 0. The molecule has 0 aliphatic carbocycles. The molecule has 0 spiro atoms. The van der Waals surface area contributed by atoms with Gasteiger partial charge in [0.2, 0.25) is 5.95 Å². The van der Waals surface area contributed by atoms with Crippen LogP contribution >= 0.6 is 0 Å². The number of hydrogen-bond acceptors (Lipinski definition) is 6. The van der Waals surface area contributed by atoms with E-state index in [9.17, 15) is 5.11 Å². The largest absolute Gasteiger partial charge is 0.387 e. The third-order valence-corrected chi connectivity index (χ3v) is 2.75. The fourth-order valence-electron chi connectivity index (χ4n) is 2.05. The van der Waals surface area contributed by atoms with Crippen LogP contribution in [0, 0.1) is 0 Å². The van der Waals surface area contributed by atoms with Crippen LogP contribution in [-0.2, 0) is 0 Å². The molecule has 1 heterocycles. The van der Waals surface area contributed by atoms with E-state index in [2.05, 4.69) is 20.8 Å². The quantitative estimate of drug-likeness (QED) is 0.794. The van der Waals surface area contributed by atoms with Gasteiger partial charge in [-0.2, -0.15) is 4.68 Å². The summed E-state index contributed by atoms with van der Waals surface area (Å²) in [4.78, 5) is 1.93. The van der Waals surface area contributed by atoms with E-state index in [-0.39, 0.29) is 0 Å². The molecule has 0 fully saturated rings. The molecular formula is C13H20N6O. The van der Waals surface area contributed by atoms with Crippen molar-refractivity contribution in [1.82, 2.24) is 25.1 Å². The van der Waals surface area contributed by atoms with Crippen LogP contribution < -0.4 is 5.32 Å². The number of anilines is 1. The van der Waals surface area contributed by atoms with Crippen molar-refractivity contribution in [1.29, 1.82) is 0 Å². The maximum Gasteiger partial charge on any atom is 0.247 e. The molecule has 0 aliphatic heterocycles. The summed E-state index contributed by atoms with van der Waals surface area (Å²) in [5, 5.41) is 24.9. The van der Waals surface area contributed by atoms with Crippen molar-refractivity contribution in [2.24, 2.45) is 0 Å². The molecular weight excluding hydrogens is 256 g/mol. The van der Waals surface area contributed by atoms with Gasteiger partial charge >= 0.3 is 0 Å². The summed E-state index contributed by atoms with van der Waals surface area (Å²) >= 11 is 0. The number of nitrogens with zero attached hydrogens (tertiary/aromatic N) is 5. The van der Waals surface area contributed by atoms with Gasteiger partial charge in [-0.3, -0.25) is 0 Å². The molecule has 2 rings (SSSR count). The van der Waals surface area contributed by atoms with Crippen molar-refractivity contribution in [3.8, 4) is 5.69 Å². The lowest BCUT2D eigenvalue weighted by atomic mass is 10.1. The van der Waals surface area contributed by atoms with E-state index in [1.165, 1.54) is 0 Å². The summed E-state index contributed by atoms with van der Waals surface area (Å²) in [6, 6.07) is 9.60. The highest BCUT2D eigenvalue weighted by Gasteiger charge is 2.22. The zero-order chi connectivity index (χ0) is 14.6. The number of aromatic nitrogens is 4. The van der Waals surface area contributed by atoms with E-state index in [0.717, 1.165) is 5.69 Å². The van der Waals surface area contributed by atoms with Crippen molar-refractivity contribution < 1.29 is 5.11 Å². The number of tetrazole rings is 1. The number of benzene rings is 1. The average Bonchev–Trinajstić information content (AvgIpc) is 2.84. The molecule has 1 aromatic carbocycles. The Morgan fingerprint density at radius 3 is 2.65 bits per heavy atom. The Kier molecular flexibility index (Phi) is 4.31. The minimum atomic E-state index is -0.864. The highest BCUT2D eigenvalue weighted by molar-refractivity contribution is 5.38. The Labute approximate surface area is 118 Å². The molecule has 0 amide bonds. The molecule has 20 heavy (non-hydrogen) atoms. The maximum atomic E-state index is 10.3. The molecule has 2 N–H and O–H groups in total. The second-order valence-electron chi connectivity index (χ2n) is 5.34. The predicted octanol–water partition coefficient (Wildman–Crippen LogP) is 0.387. The smallest absolute Gasteiger partial charge is 0.247 e. The molecule has 0 saturated carbocycles. The molecule has 108 valence electrons. The minimum Gasteiger partial charge on any atom is -0.387 e. The van der Waals surface area contributed by atoms with Crippen molar-refractivity contribution in [2.75, 3.05) is 32.5 Å². The van der Waals surface area contributed by atoms with Crippen LogP contribution in [0.4, 0.5) is 5.95 Å². The molecule has 0 saturated heterocycles. The summed E-state index contributed by atoms with van der Waals surface area (Å²) in [6.45, 7) is 2.68. The Morgan fingerprint density at radius 1 is 1.30 bits per heavy atom. The Morgan fingerprint density at radius 2 is 2.00 bits per heavy atom. The van der Waals surface area contributed by atoms with Crippen LogP contribution in [0.1, 0.15) is 6.92 Å². The third kappa shape index (κ3) is 3.75. The molecule has 7 nitrogen and oxygen atoms in total. The average molecular weight is 276 g/mol. The highest BCUT2D eigenvalue weighted by Crippen LogP contribution is 2.12. The van der Waals surface area contributed by atoms with E-state index in [1.807, 2.05) is 49.3 Å². The topological polar surface area (TPSA) is 79.1 Å². The summed E-state index contributed by atoms with van der Waals surface area (Å²) in [7, 11) is 3.84. The Hall–Kier alpha value is -1.99. The first-order chi connectivity index (χ1) is 9.48. The van der Waals surface area contributed by atoms with E-state index in [0.29, 0.717) is 19.0 Å². The van der Waals surface area contributed by atoms with Gasteiger partial charge in [-0.05, 0) is 43.6 Å². The van der Waals surface area contributed by atoms with E-state index >= 15 is 0 Å². The number of likely N-dealkylation sites (N-methyl/N-ethyl adjacent to an activating group) is 1. The first-order valence-electron chi connectivity index (χ1n) is 6.43. The van der Waals surface area contributed by atoms with E-state index in [1.54, 1.807) is 11.6 Å². The number of hydrogen-bond donors (Lipinski definition) is 2. The third-order valence-electron chi connectivity index (χ3n) is 2.75. The number of para-hydroxylation sites is 1. The van der Waals surface area contributed by atoms with Crippen molar-refractivity contribution in [3.63, 3.8) is 0 Å². The lowest BCUT2D eigenvalue weighted by Gasteiger charge is -2.27.